The molecule has 0 saturated carbocycles. The predicted octanol–water partition coefficient (Wildman–Crippen LogP) is 16.2. The number of esters is 2. The molecule has 0 N–H and O–H groups in total. The normalized spacial score (nSPS) is 15.6. The third kappa shape index (κ3) is 42.4. The van der Waals surface area contributed by atoms with Gasteiger partial charge in [-0.05, 0) is 123 Å². The monoisotopic (exact) mass is 1030 g/mol. The molecule has 11 heteroatoms. The van der Waals surface area contributed by atoms with E-state index in [0.717, 1.165) is 90.6 Å². The summed E-state index contributed by atoms with van der Waals surface area (Å²) in [7, 11) is 4.10. The van der Waals surface area contributed by atoms with Gasteiger partial charge in [-0.3, -0.25) is 24.2 Å². The third-order valence-electron chi connectivity index (χ3n) is 14.5. The molecule has 0 aromatic heterocycles. The molecule has 1 fully saturated rings. The number of piperazine rings is 1. The van der Waals surface area contributed by atoms with Crippen LogP contribution in [0.25, 0.3) is 0 Å². The average Bonchev–Trinajstić information content (AvgIpc) is 3.35. The first kappa shape index (κ1) is 67.0. The van der Waals surface area contributed by atoms with E-state index in [1.54, 1.807) is 0 Å². The number of ether oxygens (including phenoxy) is 3. The molecule has 0 amide bonds. The van der Waals surface area contributed by atoms with E-state index < -0.39 is 0 Å². The number of unbranched alkanes of at least 4 members (excludes halogenated alkanes) is 26. The molecule has 1 saturated heterocycles. The van der Waals surface area contributed by atoms with Crippen molar-refractivity contribution < 1.29 is 28.6 Å². The van der Waals surface area contributed by atoms with Crippen molar-refractivity contribution in [3.63, 3.8) is 0 Å². The lowest BCUT2D eigenvalue weighted by Crippen LogP contribution is -2.57. The molecule has 2 unspecified atom stereocenters. The summed E-state index contributed by atoms with van der Waals surface area (Å²) in [6.07, 6.45) is 44.0. The highest BCUT2D eigenvalue weighted by Gasteiger charge is 2.28. The number of nitrogens with zero attached hydrogens (tertiary/aromatic N) is 3. The lowest BCUT2D eigenvalue weighted by molar-refractivity contribution is -0.150. The zero-order valence-electron chi connectivity index (χ0n) is 46.9. The molecule has 0 bridgehead atoms. The Morgan fingerprint density at radius 2 is 0.914 bits per heavy atom. The molecule has 0 spiro atoms. The van der Waals surface area contributed by atoms with Crippen LogP contribution in [-0.4, -0.2) is 122 Å². The van der Waals surface area contributed by atoms with Crippen LogP contribution in [0, 0.1) is 0 Å². The summed E-state index contributed by atoms with van der Waals surface area (Å²) in [5.41, 5.74) is 0. The van der Waals surface area contributed by atoms with Crippen molar-refractivity contribution in [2.24, 2.45) is 0 Å². The van der Waals surface area contributed by atoms with Crippen LogP contribution in [0.5, 0.6) is 0 Å². The van der Waals surface area contributed by atoms with Gasteiger partial charge >= 0.3 is 11.9 Å². The van der Waals surface area contributed by atoms with Crippen LogP contribution in [0.2, 0.25) is 0 Å². The van der Waals surface area contributed by atoms with Gasteiger partial charge in [0.2, 0.25) is 0 Å². The first-order valence-corrected chi connectivity index (χ1v) is 32.7. The molecule has 414 valence electrons. The standard InChI is InChI=1S/C59H115N3O6S2/c1-6-9-12-15-18-19-20-26-36-48-67-58(64)41-31-27-33-44-60(45-34-37-50-69-70-51-38-35-46-61-52-56(5)62(53-55(61)4)47-49-66-54-63)43-32-25-21-24-30-42-59(65)68-57(39-28-22-16-13-10-7-2)40-29-23-17-14-11-8-3/h54-57H,6-53H2,1-5H3. The van der Waals surface area contributed by atoms with Crippen molar-refractivity contribution >= 4 is 40.0 Å². The minimum absolute atomic E-state index is 0.0145. The molecule has 9 nitrogen and oxygen atoms in total. The maximum Gasteiger partial charge on any atom is 0.306 e. The SMILES string of the molecule is CCCCCCCCCCCOC(=O)CCCCCN(CCCCCCCC(=O)OC(CCCCCCCC)CCCCCCCC)CCCCSSCCCCN1CC(C)N(CCOC=O)CC1C. The number of hydrogen-bond donors (Lipinski definition) is 0. The molecule has 0 aromatic rings. The van der Waals surface area contributed by atoms with Crippen LogP contribution < -0.4 is 0 Å². The average molecular weight is 1030 g/mol. The van der Waals surface area contributed by atoms with Crippen LogP contribution in [0.3, 0.4) is 0 Å². The van der Waals surface area contributed by atoms with Gasteiger partial charge in [0.1, 0.15) is 12.7 Å². The first-order chi connectivity index (χ1) is 34.3. The molecule has 1 rings (SSSR count). The predicted molar refractivity (Wildman–Crippen MR) is 304 cm³/mol. The van der Waals surface area contributed by atoms with Gasteiger partial charge in [-0.2, -0.15) is 0 Å². The van der Waals surface area contributed by atoms with E-state index >= 15 is 0 Å². The number of rotatable bonds is 54. The summed E-state index contributed by atoms with van der Waals surface area (Å²) in [6.45, 7) is 20.6. The van der Waals surface area contributed by atoms with Crippen LogP contribution in [0.1, 0.15) is 272 Å². The summed E-state index contributed by atoms with van der Waals surface area (Å²) in [4.78, 5) is 43.7. The maximum atomic E-state index is 13.0. The lowest BCUT2D eigenvalue weighted by atomic mass is 10.0. The van der Waals surface area contributed by atoms with E-state index in [0.29, 0.717) is 44.6 Å². The fourth-order valence-electron chi connectivity index (χ4n) is 9.94. The first-order valence-electron chi connectivity index (χ1n) is 30.2. The molecule has 70 heavy (non-hydrogen) atoms. The second-order valence-corrected chi connectivity index (χ2v) is 23.9. The smallest absolute Gasteiger partial charge is 0.306 e. The van der Waals surface area contributed by atoms with E-state index in [1.165, 1.54) is 191 Å². The second kappa shape index (κ2) is 51.5. The highest BCUT2D eigenvalue weighted by Crippen LogP contribution is 2.25. The summed E-state index contributed by atoms with van der Waals surface area (Å²) in [5.74, 6) is 2.45. The molecule has 0 aliphatic carbocycles. The Hall–Kier alpha value is -1.01. The van der Waals surface area contributed by atoms with Gasteiger partial charge < -0.3 is 19.1 Å². The van der Waals surface area contributed by atoms with E-state index in [9.17, 15) is 14.4 Å². The summed E-state index contributed by atoms with van der Waals surface area (Å²) in [6, 6.07) is 1.03. The Labute approximate surface area is 442 Å². The largest absolute Gasteiger partial charge is 0.467 e. The Balaban J connectivity index is 2.38. The summed E-state index contributed by atoms with van der Waals surface area (Å²) in [5, 5.41) is 0. The molecule has 1 aliphatic heterocycles. The van der Waals surface area contributed by atoms with Gasteiger partial charge in [-0.15, -0.1) is 0 Å². The zero-order chi connectivity index (χ0) is 50.8. The fraction of sp³-hybridized carbons (Fsp3) is 0.949. The van der Waals surface area contributed by atoms with Crippen molar-refractivity contribution in [2.75, 3.05) is 70.5 Å². The zero-order valence-corrected chi connectivity index (χ0v) is 48.5. The van der Waals surface area contributed by atoms with Gasteiger partial charge in [0.25, 0.3) is 6.47 Å². The van der Waals surface area contributed by atoms with E-state index in [4.69, 9.17) is 14.2 Å². The van der Waals surface area contributed by atoms with Gasteiger partial charge in [0, 0.05) is 56.1 Å². The molecule has 0 radical (unpaired) electrons. The topological polar surface area (TPSA) is 88.6 Å². The van der Waals surface area contributed by atoms with E-state index in [1.807, 2.05) is 0 Å². The van der Waals surface area contributed by atoms with Gasteiger partial charge in [-0.1, -0.05) is 184 Å². The number of carbonyl (C=O) groups excluding carboxylic acids is 3. The van der Waals surface area contributed by atoms with Crippen molar-refractivity contribution in [1.82, 2.24) is 14.7 Å². The number of carbonyl (C=O) groups is 3. The summed E-state index contributed by atoms with van der Waals surface area (Å²) < 4.78 is 16.6. The quantitative estimate of drug-likeness (QED) is 0.0192. The maximum absolute atomic E-state index is 13.0. The Morgan fingerprint density at radius 3 is 1.44 bits per heavy atom. The highest BCUT2D eigenvalue weighted by atomic mass is 33.1. The fourth-order valence-corrected chi connectivity index (χ4v) is 12.2. The van der Waals surface area contributed by atoms with Gasteiger partial charge in [0.15, 0.2) is 0 Å². The number of hydrogen-bond acceptors (Lipinski definition) is 11. The molecular formula is C59H115N3O6S2. The van der Waals surface area contributed by atoms with Crippen molar-refractivity contribution in [2.45, 2.75) is 290 Å². The lowest BCUT2D eigenvalue weighted by Gasteiger charge is -2.44. The van der Waals surface area contributed by atoms with Crippen LogP contribution in [-0.2, 0) is 28.6 Å². The Kier molecular flexibility index (Phi) is 49.3. The van der Waals surface area contributed by atoms with E-state index in [2.05, 4.69) is 70.9 Å². The summed E-state index contributed by atoms with van der Waals surface area (Å²) >= 11 is 0. The molecule has 1 aliphatic rings. The van der Waals surface area contributed by atoms with Crippen molar-refractivity contribution in [3.8, 4) is 0 Å². The van der Waals surface area contributed by atoms with Gasteiger partial charge in [0.05, 0.1) is 6.61 Å². The Bertz CT molecular complexity index is 1140. The minimum atomic E-state index is -0.0145. The second-order valence-electron chi connectivity index (χ2n) is 21.2. The molecule has 0 aromatic carbocycles. The van der Waals surface area contributed by atoms with Crippen LogP contribution >= 0.6 is 21.6 Å². The van der Waals surface area contributed by atoms with Crippen molar-refractivity contribution in [1.29, 1.82) is 0 Å². The molecule has 2 atom stereocenters. The van der Waals surface area contributed by atoms with E-state index in [-0.39, 0.29) is 18.0 Å². The van der Waals surface area contributed by atoms with Gasteiger partial charge in [-0.25, -0.2) is 0 Å². The molecular weight excluding hydrogens is 911 g/mol. The minimum Gasteiger partial charge on any atom is -0.467 e. The van der Waals surface area contributed by atoms with Crippen LogP contribution in [0.4, 0.5) is 0 Å². The van der Waals surface area contributed by atoms with Crippen LogP contribution in [0.15, 0.2) is 0 Å². The molecule has 1 heterocycles. The Morgan fingerprint density at radius 1 is 0.500 bits per heavy atom. The highest BCUT2D eigenvalue weighted by molar-refractivity contribution is 8.76. The van der Waals surface area contributed by atoms with Crippen molar-refractivity contribution in [3.05, 3.63) is 0 Å². The third-order valence-corrected chi connectivity index (χ3v) is 17.1.